The van der Waals surface area contributed by atoms with Gasteiger partial charge in [-0.3, -0.25) is 4.79 Å². The molecule has 4 N–H and O–H groups in total. The lowest BCUT2D eigenvalue weighted by molar-refractivity contribution is -0.142. The van der Waals surface area contributed by atoms with Crippen molar-refractivity contribution in [3.8, 4) is 0 Å². The Kier molecular flexibility index (Phi) is 3.56. The van der Waals surface area contributed by atoms with Gasteiger partial charge in [0.2, 0.25) is 5.91 Å². The largest absolute Gasteiger partial charge is 0.480 e. The van der Waals surface area contributed by atoms with E-state index < -0.39 is 18.1 Å². The summed E-state index contributed by atoms with van der Waals surface area (Å²) in [5.41, 5.74) is 5.48. The number of carbonyl (C=O) groups excluding carboxylic acids is 1. The topological polar surface area (TPSA) is 92.4 Å². The van der Waals surface area contributed by atoms with Crippen LogP contribution in [-0.4, -0.2) is 40.6 Å². The van der Waals surface area contributed by atoms with Crippen molar-refractivity contribution in [3.63, 3.8) is 0 Å². The smallest absolute Gasteiger partial charge is 0.326 e. The number of amides is 1. The van der Waals surface area contributed by atoms with Gasteiger partial charge < -0.3 is 16.2 Å². The number of carbonyl (C=O) groups is 2. The third-order valence-corrected chi connectivity index (χ3v) is 2.92. The highest BCUT2D eigenvalue weighted by molar-refractivity contribution is 7.99. The number of carboxylic acids is 1. The molecule has 0 aromatic rings. The molecular formula is C7H12N2O3S. The van der Waals surface area contributed by atoms with E-state index in [9.17, 15) is 9.59 Å². The van der Waals surface area contributed by atoms with Gasteiger partial charge in [0, 0.05) is 5.75 Å². The number of aliphatic carboxylic acids is 1. The highest BCUT2D eigenvalue weighted by Gasteiger charge is 2.25. The van der Waals surface area contributed by atoms with Crippen molar-refractivity contribution < 1.29 is 14.7 Å². The van der Waals surface area contributed by atoms with Crippen LogP contribution in [0.3, 0.4) is 0 Å². The molecule has 0 saturated carbocycles. The summed E-state index contributed by atoms with van der Waals surface area (Å²) in [7, 11) is 0. The van der Waals surface area contributed by atoms with Crippen molar-refractivity contribution in [2.75, 3.05) is 11.5 Å². The normalized spacial score (nSPS) is 30.1. The summed E-state index contributed by atoms with van der Waals surface area (Å²) in [4.78, 5) is 21.8. The number of thioether (sulfide) groups is 1. The van der Waals surface area contributed by atoms with Crippen LogP contribution in [0.2, 0.25) is 0 Å². The molecule has 0 bridgehead atoms. The number of rotatable bonds is 1. The molecule has 1 heterocycles. The number of hydrogen-bond donors (Lipinski definition) is 3. The van der Waals surface area contributed by atoms with Gasteiger partial charge in [-0.15, -0.1) is 0 Å². The van der Waals surface area contributed by atoms with Gasteiger partial charge in [0.25, 0.3) is 0 Å². The van der Waals surface area contributed by atoms with Crippen LogP contribution in [0, 0.1) is 0 Å². The fraction of sp³-hybridized carbons (Fsp3) is 0.714. The average Bonchev–Trinajstić information content (AvgIpc) is 2.06. The van der Waals surface area contributed by atoms with Gasteiger partial charge in [0.1, 0.15) is 6.04 Å². The van der Waals surface area contributed by atoms with Gasteiger partial charge in [-0.2, -0.15) is 11.8 Å². The van der Waals surface area contributed by atoms with Gasteiger partial charge in [-0.1, -0.05) is 0 Å². The standard InChI is InChI=1S/C7H12N2O3S/c8-4-3-13-2-1-5(7(11)12)9-6(4)10/h4-5H,1-3,8H2,(H,9,10)(H,11,12)/t4-,5-/m0/s1. The SMILES string of the molecule is N[C@H]1CSCC[C@@H](C(=O)O)NC1=O. The maximum atomic E-state index is 11.2. The van der Waals surface area contributed by atoms with E-state index >= 15 is 0 Å². The van der Waals surface area contributed by atoms with Crippen molar-refractivity contribution >= 4 is 23.6 Å². The van der Waals surface area contributed by atoms with E-state index in [2.05, 4.69) is 5.32 Å². The number of hydrogen-bond acceptors (Lipinski definition) is 4. The number of nitrogens with one attached hydrogen (secondary N) is 1. The van der Waals surface area contributed by atoms with E-state index in [1.807, 2.05) is 0 Å². The lowest BCUT2D eigenvalue weighted by atomic mass is 10.2. The monoisotopic (exact) mass is 204 g/mol. The maximum Gasteiger partial charge on any atom is 0.326 e. The zero-order valence-corrected chi connectivity index (χ0v) is 7.84. The minimum absolute atomic E-state index is 0.375. The van der Waals surface area contributed by atoms with Crippen LogP contribution in [0.1, 0.15) is 6.42 Å². The second-order valence-corrected chi connectivity index (χ2v) is 4.02. The summed E-state index contributed by atoms with van der Waals surface area (Å²) in [6, 6.07) is -1.38. The van der Waals surface area contributed by atoms with Crippen LogP contribution in [0.5, 0.6) is 0 Å². The summed E-state index contributed by atoms with van der Waals surface area (Å²) in [5.74, 6) is -0.106. The molecule has 0 unspecified atom stereocenters. The highest BCUT2D eigenvalue weighted by atomic mass is 32.2. The summed E-state index contributed by atoms with van der Waals surface area (Å²) < 4.78 is 0. The van der Waals surface area contributed by atoms with Gasteiger partial charge >= 0.3 is 5.97 Å². The number of carboxylic acid groups (broad SMARTS) is 1. The van der Waals surface area contributed by atoms with E-state index in [1.54, 1.807) is 0 Å². The van der Waals surface area contributed by atoms with Crippen molar-refractivity contribution in [1.82, 2.24) is 5.32 Å². The first-order valence-corrected chi connectivity index (χ1v) is 5.13. The van der Waals surface area contributed by atoms with E-state index in [-0.39, 0.29) is 5.91 Å². The Bertz CT molecular complexity index is 222. The molecule has 0 aromatic heterocycles. The molecular weight excluding hydrogens is 192 g/mol. The lowest BCUT2D eigenvalue weighted by Crippen LogP contribution is -2.50. The van der Waals surface area contributed by atoms with E-state index in [4.69, 9.17) is 10.8 Å². The van der Waals surface area contributed by atoms with Crippen molar-refractivity contribution in [2.45, 2.75) is 18.5 Å². The molecule has 1 amide bonds. The third-order valence-electron chi connectivity index (χ3n) is 1.80. The molecule has 1 saturated heterocycles. The first-order valence-electron chi connectivity index (χ1n) is 3.98. The fourth-order valence-corrected chi connectivity index (χ4v) is 2.00. The summed E-state index contributed by atoms with van der Waals surface area (Å²) in [6.07, 6.45) is 0.457. The van der Waals surface area contributed by atoms with Gasteiger partial charge in [0.15, 0.2) is 0 Å². The molecule has 0 radical (unpaired) electrons. The molecule has 6 heteroatoms. The van der Waals surface area contributed by atoms with Crippen molar-refractivity contribution in [1.29, 1.82) is 0 Å². The third kappa shape index (κ3) is 2.89. The molecule has 5 nitrogen and oxygen atoms in total. The van der Waals surface area contributed by atoms with E-state index in [1.165, 1.54) is 11.8 Å². The molecule has 1 fully saturated rings. The average molecular weight is 204 g/mol. The quantitative estimate of drug-likeness (QED) is 0.510. The molecule has 1 aliphatic rings. The first kappa shape index (κ1) is 10.3. The summed E-state index contributed by atoms with van der Waals surface area (Å²) in [5, 5.41) is 11.1. The predicted molar refractivity (Wildman–Crippen MR) is 49.5 cm³/mol. The zero-order chi connectivity index (χ0) is 9.84. The van der Waals surface area contributed by atoms with Crippen LogP contribution in [-0.2, 0) is 9.59 Å². The predicted octanol–water partition coefficient (Wildman–Crippen LogP) is -0.980. The molecule has 0 aromatic carbocycles. The fourth-order valence-electron chi connectivity index (χ4n) is 1.02. The molecule has 0 spiro atoms. The lowest BCUT2D eigenvalue weighted by Gasteiger charge is -2.20. The molecule has 74 valence electrons. The second-order valence-electron chi connectivity index (χ2n) is 2.87. The van der Waals surface area contributed by atoms with Crippen molar-refractivity contribution in [3.05, 3.63) is 0 Å². The van der Waals surface area contributed by atoms with Gasteiger partial charge in [-0.25, -0.2) is 4.79 Å². The highest BCUT2D eigenvalue weighted by Crippen LogP contribution is 2.10. The Hall–Kier alpha value is -0.750. The minimum Gasteiger partial charge on any atom is -0.480 e. The molecule has 0 aliphatic carbocycles. The minimum atomic E-state index is -0.997. The molecule has 2 atom stereocenters. The van der Waals surface area contributed by atoms with Crippen molar-refractivity contribution in [2.24, 2.45) is 5.73 Å². The Balaban J connectivity index is 2.58. The molecule has 13 heavy (non-hydrogen) atoms. The molecule has 1 rings (SSSR count). The Morgan fingerprint density at radius 1 is 1.69 bits per heavy atom. The van der Waals surface area contributed by atoms with Crippen LogP contribution >= 0.6 is 11.8 Å². The van der Waals surface area contributed by atoms with Crippen LogP contribution < -0.4 is 11.1 Å². The summed E-state index contributed by atoms with van der Waals surface area (Å²) >= 11 is 1.51. The Morgan fingerprint density at radius 2 is 2.38 bits per heavy atom. The van der Waals surface area contributed by atoms with E-state index in [0.29, 0.717) is 17.9 Å². The van der Waals surface area contributed by atoms with E-state index in [0.717, 1.165) is 0 Å². The summed E-state index contributed by atoms with van der Waals surface area (Å²) in [6.45, 7) is 0. The Labute approximate surface area is 80.1 Å². The van der Waals surface area contributed by atoms with Crippen LogP contribution in [0.25, 0.3) is 0 Å². The van der Waals surface area contributed by atoms with Gasteiger partial charge in [0.05, 0.1) is 6.04 Å². The number of nitrogens with two attached hydrogens (primary N) is 1. The van der Waals surface area contributed by atoms with Crippen LogP contribution in [0.4, 0.5) is 0 Å². The molecule has 1 aliphatic heterocycles. The van der Waals surface area contributed by atoms with Gasteiger partial charge in [-0.05, 0) is 12.2 Å². The second kappa shape index (κ2) is 4.48. The maximum absolute atomic E-state index is 11.2. The van der Waals surface area contributed by atoms with Crippen LogP contribution in [0.15, 0.2) is 0 Å². The Morgan fingerprint density at radius 3 is 3.00 bits per heavy atom. The zero-order valence-electron chi connectivity index (χ0n) is 7.03. The first-order chi connectivity index (χ1) is 6.11.